The van der Waals surface area contributed by atoms with Gasteiger partial charge < -0.3 is 15.8 Å². The molecule has 1 aliphatic rings. The lowest BCUT2D eigenvalue weighted by Crippen LogP contribution is -2.51. The van der Waals surface area contributed by atoms with Gasteiger partial charge in [-0.05, 0) is 18.6 Å². The third-order valence-corrected chi connectivity index (χ3v) is 2.99. The Morgan fingerprint density at radius 3 is 2.63 bits per heavy atom. The number of ether oxygens (including phenoxy) is 1. The highest BCUT2D eigenvalue weighted by molar-refractivity contribution is 5.98. The highest BCUT2D eigenvalue weighted by Gasteiger charge is 2.40. The van der Waals surface area contributed by atoms with E-state index in [-0.39, 0.29) is 18.7 Å². The van der Waals surface area contributed by atoms with Crippen LogP contribution in [0.3, 0.4) is 0 Å². The van der Waals surface area contributed by atoms with Crippen molar-refractivity contribution in [3.8, 4) is 0 Å². The first-order valence-electron chi connectivity index (χ1n) is 5.67. The second-order valence-corrected chi connectivity index (χ2v) is 4.46. The minimum atomic E-state index is -4.53. The number of hydrogen-bond acceptors (Lipinski definition) is 3. The second kappa shape index (κ2) is 4.82. The van der Waals surface area contributed by atoms with Crippen LogP contribution in [0.1, 0.15) is 12.0 Å². The van der Waals surface area contributed by atoms with Crippen molar-refractivity contribution in [1.82, 2.24) is 0 Å². The van der Waals surface area contributed by atoms with E-state index in [4.69, 9.17) is 10.5 Å². The molecule has 2 rings (SSSR count). The number of anilines is 1. The van der Waals surface area contributed by atoms with Crippen molar-refractivity contribution in [1.29, 1.82) is 0 Å². The summed E-state index contributed by atoms with van der Waals surface area (Å²) in [5, 5.41) is 2.24. The molecule has 0 aromatic heterocycles. The summed E-state index contributed by atoms with van der Waals surface area (Å²) in [5.41, 5.74) is 3.33. The molecular weight excluding hydrogens is 261 g/mol. The summed E-state index contributed by atoms with van der Waals surface area (Å²) in [6.07, 6.45) is -4.25. The molecule has 0 bridgehead atoms. The van der Waals surface area contributed by atoms with Gasteiger partial charge in [0.2, 0.25) is 5.91 Å². The fraction of sp³-hybridized carbons (Fsp3) is 0.417. The van der Waals surface area contributed by atoms with Crippen LogP contribution in [-0.2, 0) is 15.7 Å². The summed E-state index contributed by atoms with van der Waals surface area (Å²) in [6, 6.07) is 4.78. The zero-order valence-electron chi connectivity index (χ0n) is 9.96. The molecule has 1 unspecified atom stereocenters. The van der Waals surface area contributed by atoms with Crippen LogP contribution in [0.4, 0.5) is 18.9 Å². The fourth-order valence-corrected chi connectivity index (χ4v) is 1.85. The Balaban J connectivity index is 2.22. The van der Waals surface area contributed by atoms with Crippen LogP contribution < -0.4 is 11.1 Å². The molecule has 1 aromatic carbocycles. The summed E-state index contributed by atoms with van der Waals surface area (Å²) in [5.74, 6) is -0.665. The molecule has 4 nitrogen and oxygen atoms in total. The number of halogens is 3. The van der Waals surface area contributed by atoms with Crippen molar-refractivity contribution in [3.63, 3.8) is 0 Å². The van der Waals surface area contributed by atoms with E-state index in [1.54, 1.807) is 0 Å². The van der Waals surface area contributed by atoms with Crippen LogP contribution in [0, 0.1) is 0 Å². The number of carbonyl (C=O) groups is 1. The van der Waals surface area contributed by atoms with E-state index in [0.717, 1.165) is 6.07 Å². The van der Waals surface area contributed by atoms with E-state index >= 15 is 0 Å². The highest BCUT2D eigenvalue weighted by Crippen LogP contribution is 2.35. The molecule has 104 valence electrons. The summed E-state index contributed by atoms with van der Waals surface area (Å²) in [7, 11) is 0. The first-order valence-corrected chi connectivity index (χ1v) is 5.67. The van der Waals surface area contributed by atoms with E-state index in [9.17, 15) is 18.0 Å². The van der Waals surface area contributed by atoms with Gasteiger partial charge in [0.1, 0.15) is 5.54 Å². The standard InChI is InChI=1S/C12H13F3N2O2/c13-12(14,15)8-3-1-2-4-9(8)17-10(18)11(16)5-6-19-7-11/h1-4H,5-7,16H2,(H,17,18). The van der Waals surface area contributed by atoms with E-state index in [2.05, 4.69) is 5.32 Å². The van der Waals surface area contributed by atoms with Crippen LogP contribution in [0.15, 0.2) is 24.3 Å². The summed E-state index contributed by atoms with van der Waals surface area (Å²) < 4.78 is 43.3. The molecule has 7 heteroatoms. The Bertz CT molecular complexity index is 482. The summed E-state index contributed by atoms with van der Waals surface area (Å²) in [6.45, 7) is 0.331. The Kier molecular flexibility index (Phi) is 3.51. The maximum Gasteiger partial charge on any atom is 0.418 e. The van der Waals surface area contributed by atoms with Crippen LogP contribution >= 0.6 is 0 Å². The Morgan fingerprint density at radius 1 is 1.37 bits per heavy atom. The lowest BCUT2D eigenvalue weighted by atomic mass is 9.99. The monoisotopic (exact) mass is 274 g/mol. The molecule has 0 aliphatic carbocycles. The quantitative estimate of drug-likeness (QED) is 0.863. The predicted octanol–water partition coefficient (Wildman–Crippen LogP) is 1.76. The molecule has 1 aliphatic heterocycles. The molecular formula is C12H13F3N2O2. The SMILES string of the molecule is NC1(C(=O)Nc2ccccc2C(F)(F)F)CCOC1. The van der Waals surface area contributed by atoms with Crippen molar-refractivity contribution in [2.75, 3.05) is 18.5 Å². The molecule has 0 saturated carbocycles. The third kappa shape index (κ3) is 2.87. The number of carbonyl (C=O) groups excluding carboxylic acids is 1. The van der Waals surface area contributed by atoms with Gasteiger partial charge in [-0.2, -0.15) is 13.2 Å². The van der Waals surface area contributed by atoms with E-state index in [0.29, 0.717) is 6.61 Å². The van der Waals surface area contributed by atoms with Gasteiger partial charge in [0, 0.05) is 6.61 Å². The largest absolute Gasteiger partial charge is 0.418 e. The van der Waals surface area contributed by atoms with E-state index in [1.807, 2.05) is 0 Å². The van der Waals surface area contributed by atoms with Crippen LogP contribution in [-0.4, -0.2) is 24.7 Å². The van der Waals surface area contributed by atoms with Gasteiger partial charge in [-0.15, -0.1) is 0 Å². The maximum absolute atomic E-state index is 12.8. The minimum absolute atomic E-state index is 0.00696. The smallest absolute Gasteiger partial charge is 0.379 e. The van der Waals surface area contributed by atoms with Crippen molar-refractivity contribution < 1.29 is 22.7 Å². The molecule has 0 spiro atoms. The van der Waals surface area contributed by atoms with Gasteiger partial charge in [-0.3, -0.25) is 4.79 Å². The normalized spacial score (nSPS) is 23.4. The Morgan fingerprint density at radius 2 is 2.05 bits per heavy atom. The van der Waals surface area contributed by atoms with Crippen molar-refractivity contribution in [2.45, 2.75) is 18.1 Å². The lowest BCUT2D eigenvalue weighted by Gasteiger charge is -2.22. The van der Waals surface area contributed by atoms with Crippen molar-refractivity contribution in [3.05, 3.63) is 29.8 Å². The molecule has 1 atom stereocenters. The van der Waals surface area contributed by atoms with Crippen molar-refractivity contribution in [2.24, 2.45) is 5.73 Å². The number of nitrogens with one attached hydrogen (secondary N) is 1. The summed E-state index contributed by atoms with van der Waals surface area (Å²) >= 11 is 0. The highest BCUT2D eigenvalue weighted by atomic mass is 19.4. The first-order chi connectivity index (χ1) is 8.83. The number of nitrogens with two attached hydrogens (primary N) is 1. The third-order valence-electron chi connectivity index (χ3n) is 2.99. The molecule has 0 radical (unpaired) electrons. The first kappa shape index (κ1) is 13.8. The minimum Gasteiger partial charge on any atom is -0.379 e. The number of amides is 1. The molecule has 19 heavy (non-hydrogen) atoms. The second-order valence-electron chi connectivity index (χ2n) is 4.46. The van der Waals surface area contributed by atoms with Crippen molar-refractivity contribution >= 4 is 11.6 Å². The molecule has 1 saturated heterocycles. The average molecular weight is 274 g/mol. The lowest BCUT2D eigenvalue weighted by molar-refractivity contribution is -0.137. The Labute approximate surface area is 107 Å². The number of hydrogen-bond donors (Lipinski definition) is 2. The fourth-order valence-electron chi connectivity index (χ4n) is 1.85. The van der Waals surface area contributed by atoms with E-state index in [1.165, 1.54) is 18.2 Å². The Hall–Kier alpha value is -1.60. The van der Waals surface area contributed by atoms with Crippen LogP contribution in [0.5, 0.6) is 0 Å². The molecule has 1 heterocycles. The molecule has 1 amide bonds. The van der Waals surface area contributed by atoms with E-state index < -0.39 is 23.2 Å². The molecule has 1 fully saturated rings. The van der Waals surface area contributed by atoms with Gasteiger partial charge in [0.15, 0.2) is 0 Å². The number of rotatable bonds is 2. The molecule has 3 N–H and O–H groups in total. The van der Waals surface area contributed by atoms with Gasteiger partial charge in [-0.25, -0.2) is 0 Å². The topological polar surface area (TPSA) is 64.4 Å². The van der Waals surface area contributed by atoms with Gasteiger partial charge in [0.25, 0.3) is 0 Å². The zero-order valence-corrected chi connectivity index (χ0v) is 9.96. The summed E-state index contributed by atoms with van der Waals surface area (Å²) in [4.78, 5) is 11.9. The van der Waals surface area contributed by atoms with Gasteiger partial charge in [0.05, 0.1) is 17.9 Å². The predicted molar refractivity (Wildman–Crippen MR) is 62.4 cm³/mol. The average Bonchev–Trinajstić information content (AvgIpc) is 2.77. The van der Waals surface area contributed by atoms with Crippen LogP contribution in [0.25, 0.3) is 0 Å². The number of benzene rings is 1. The maximum atomic E-state index is 12.8. The molecule has 1 aromatic rings. The number of para-hydroxylation sites is 1. The van der Waals surface area contributed by atoms with Crippen LogP contribution in [0.2, 0.25) is 0 Å². The van der Waals surface area contributed by atoms with Gasteiger partial charge >= 0.3 is 6.18 Å². The number of alkyl halides is 3. The van der Waals surface area contributed by atoms with Gasteiger partial charge in [-0.1, -0.05) is 12.1 Å². The zero-order chi connectivity index (χ0) is 14.1.